The van der Waals surface area contributed by atoms with Crippen molar-refractivity contribution < 1.29 is 9.90 Å². The van der Waals surface area contributed by atoms with Gasteiger partial charge in [-0.2, -0.15) is 0 Å². The topological polar surface area (TPSA) is 76.2 Å². The summed E-state index contributed by atoms with van der Waals surface area (Å²) in [4.78, 5) is 14.9. The van der Waals surface area contributed by atoms with Crippen LogP contribution in [0.5, 0.6) is 0 Å². The van der Waals surface area contributed by atoms with Crippen molar-refractivity contribution in [3.8, 4) is 0 Å². The van der Waals surface area contributed by atoms with Crippen LogP contribution in [0, 0.1) is 5.92 Å². The maximum Gasteiger partial charge on any atom is 0.321 e. The van der Waals surface area contributed by atoms with Crippen molar-refractivity contribution in [1.82, 2.24) is 4.98 Å². The molecule has 0 spiro atoms. The van der Waals surface area contributed by atoms with Crippen molar-refractivity contribution >= 4 is 5.97 Å². The molecule has 4 nitrogen and oxygen atoms in total. The smallest absolute Gasteiger partial charge is 0.321 e. The van der Waals surface area contributed by atoms with E-state index >= 15 is 0 Å². The molecule has 0 aliphatic carbocycles. The van der Waals surface area contributed by atoms with Gasteiger partial charge in [0.05, 0.1) is 0 Å². The number of rotatable bonds is 4. The first kappa shape index (κ1) is 11.7. The maximum absolute atomic E-state index is 10.9. The lowest BCUT2D eigenvalue weighted by Gasteiger charge is -2.24. The van der Waals surface area contributed by atoms with Gasteiger partial charge in [0.25, 0.3) is 0 Å². The van der Waals surface area contributed by atoms with Crippen LogP contribution in [0.15, 0.2) is 24.5 Å². The van der Waals surface area contributed by atoms with Crippen molar-refractivity contribution in [3.05, 3.63) is 30.1 Å². The van der Waals surface area contributed by atoms with Gasteiger partial charge in [0, 0.05) is 18.3 Å². The lowest BCUT2D eigenvalue weighted by molar-refractivity contribution is -0.139. The molecule has 0 bridgehead atoms. The van der Waals surface area contributed by atoms with Crippen molar-refractivity contribution in [1.29, 1.82) is 0 Å². The minimum absolute atomic E-state index is 0.167. The number of aromatic nitrogens is 1. The monoisotopic (exact) mass is 208 g/mol. The Morgan fingerprint density at radius 1 is 1.53 bits per heavy atom. The second-order valence-corrected chi connectivity index (χ2v) is 3.92. The number of hydrogen-bond donors (Lipinski definition) is 2. The van der Waals surface area contributed by atoms with Gasteiger partial charge < -0.3 is 10.8 Å². The SMILES string of the molecule is CC(C)C(c1cccnc1)C(N)C(=O)O. The molecule has 2 unspecified atom stereocenters. The molecule has 3 N–H and O–H groups in total. The molecule has 1 aromatic rings. The molecule has 15 heavy (non-hydrogen) atoms. The fourth-order valence-electron chi connectivity index (χ4n) is 1.73. The Hall–Kier alpha value is -1.42. The van der Waals surface area contributed by atoms with E-state index in [1.165, 1.54) is 0 Å². The minimum Gasteiger partial charge on any atom is -0.480 e. The van der Waals surface area contributed by atoms with Gasteiger partial charge in [-0.1, -0.05) is 19.9 Å². The van der Waals surface area contributed by atoms with E-state index in [9.17, 15) is 4.79 Å². The molecule has 0 radical (unpaired) electrons. The van der Waals surface area contributed by atoms with Gasteiger partial charge in [-0.3, -0.25) is 9.78 Å². The summed E-state index contributed by atoms with van der Waals surface area (Å²) in [5.41, 5.74) is 6.54. The average Bonchev–Trinajstić information content (AvgIpc) is 2.18. The number of nitrogens with zero attached hydrogens (tertiary/aromatic N) is 1. The number of carbonyl (C=O) groups is 1. The molecule has 0 aliphatic rings. The number of carboxylic acid groups (broad SMARTS) is 1. The second kappa shape index (κ2) is 4.89. The lowest BCUT2D eigenvalue weighted by atomic mass is 9.83. The molecule has 1 aromatic heterocycles. The molecule has 0 saturated heterocycles. The van der Waals surface area contributed by atoms with Crippen LogP contribution in [-0.2, 0) is 4.79 Å². The molecule has 2 atom stereocenters. The highest BCUT2D eigenvalue weighted by Crippen LogP contribution is 2.26. The molecule has 0 aromatic carbocycles. The normalized spacial score (nSPS) is 14.9. The zero-order chi connectivity index (χ0) is 11.4. The van der Waals surface area contributed by atoms with Crippen LogP contribution in [0.25, 0.3) is 0 Å². The number of hydrogen-bond acceptors (Lipinski definition) is 3. The minimum atomic E-state index is -0.974. The fourth-order valence-corrected chi connectivity index (χ4v) is 1.73. The Morgan fingerprint density at radius 3 is 2.60 bits per heavy atom. The third kappa shape index (κ3) is 2.76. The summed E-state index contributed by atoms with van der Waals surface area (Å²) in [5, 5.41) is 8.92. The highest BCUT2D eigenvalue weighted by atomic mass is 16.4. The molecule has 1 heterocycles. The predicted octanol–water partition coefficient (Wildman–Crippen LogP) is 1.23. The van der Waals surface area contributed by atoms with Crippen molar-refractivity contribution in [2.75, 3.05) is 0 Å². The predicted molar refractivity (Wildman–Crippen MR) is 57.4 cm³/mol. The molecular weight excluding hydrogens is 192 g/mol. The second-order valence-electron chi connectivity index (χ2n) is 3.92. The van der Waals surface area contributed by atoms with Crippen LogP contribution in [0.4, 0.5) is 0 Å². The Morgan fingerprint density at radius 2 is 2.20 bits per heavy atom. The van der Waals surface area contributed by atoms with Crippen LogP contribution in [0.2, 0.25) is 0 Å². The first-order valence-electron chi connectivity index (χ1n) is 4.92. The standard InChI is InChI=1S/C11H16N2O2/c1-7(2)9(10(12)11(14)15)8-4-3-5-13-6-8/h3-7,9-10H,12H2,1-2H3,(H,14,15). The number of carboxylic acids is 1. The zero-order valence-corrected chi connectivity index (χ0v) is 8.92. The summed E-state index contributed by atoms with van der Waals surface area (Å²) < 4.78 is 0. The van der Waals surface area contributed by atoms with Crippen molar-refractivity contribution in [2.24, 2.45) is 11.7 Å². The summed E-state index contributed by atoms with van der Waals surface area (Å²) >= 11 is 0. The zero-order valence-electron chi connectivity index (χ0n) is 8.92. The van der Waals surface area contributed by atoms with Crippen LogP contribution >= 0.6 is 0 Å². The summed E-state index contributed by atoms with van der Waals surface area (Å²) in [5.74, 6) is -1.01. The number of aliphatic carboxylic acids is 1. The summed E-state index contributed by atoms with van der Waals surface area (Å²) in [6.45, 7) is 3.92. The van der Waals surface area contributed by atoms with E-state index in [4.69, 9.17) is 10.8 Å². The first-order chi connectivity index (χ1) is 7.04. The summed E-state index contributed by atoms with van der Waals surface area (Å²) in [7, 11) is 0. The Labute approximate surface area is 89.1 Å². The van der Waals surface area contributed by atoms with Gasteiger partial charge in [0.15, 0.2) is 0 Å². The van der Waals surface area contributed by atoms with Gasteiger partial charge in [0.2, 0.25) is 0 Å². The summed E-state index contributed by atoms with van der Waals surface area (Å²) in [6.07, 6.45) is 3.33. The van der Waals surface area contributed by atoms with Gasteiger partial charge in [0.1, 0.15) is 6.04 Å². The number of nitrogens with two attached hydrogens (primary N) is 1. The van der Waals surface area contributed by atoms with Crippen molar-refractivity contribution in [3.63, 3.8) is 0 Å². The molecule has 0 fully saturated rings. The van der Waals surface area contributed by atoms with Crippen LogP contribution < -0.4 is 5.73 Å². The summed E-state index contributed by atoms with van der Waals surface area (Å²) in [6, 6.07) is 2.77. The van der Waals surface area contributed by atoms with Gasteiger partial charge >= 0.3 is 5.97 Å². The Balaban J connectivity index is 2.99. The average molecular weight is 208 g/mol. The molecule has 1 rings (SSSR count). The highest BCUT2D eigenvalue weighted by Gasteiger charge is 2.28. The van der Waals surface area contributed by atoms with E-state index in [1.54, 1.807) is 18.5 Å². The van der Waals surface area contributed by atoms with E-state index in [0.29, 0.717) is 0 Å². The van der Waals surface area contributed by atoms with Gasteiger partial charge in [-0.05, 0) is 17.5 Å². The van der Waals surface area contributed by atoms with E-state index in [2.05, 4.69) is 4.98 Å². The molecule has 0 aliphatic heterocycles. The van der Waals surface area contributed by atoms with Crippen LogP contribution in [0.3, 0.4) is 0 Å². The van der Waals surface area contributed by atoms with Gasteiger partial charge in [-0.15, -0.1) is 0 Å². The van der Waals surface area contributed by atoms with E-state index < -0.39 is 12.0 Å². The molecular formula is C11H16N2O2. The van der Waals surface area contributed by atoms with Crippen LogP contribution in [0.1, 0.15) is 25.3 Å². The molecule has 82 valence electrons. The maximum atomic E-state index is 10.9. The van der Waals surface area contributed by atoms with E-state index in [1.807, 2.05) is 19.9 Å². The van der Waals surface area contributed by atoms with E-state index in [-0.39, 0.29) is 11.8 Å². The number of pyridine rings is 1. The van der Waals surface area contributed by atoms with Crippen molar-refractivity contribution in [2.45, 2.75) is 25.8 Å². The molecule has 0 saturated carbocycles. The largest absolute Gasteiger partial charge is 0.480 e. The highest BCUT2D eigenvalue weighted by molar-refractivity contribution is 5.74. The fraction of sp³-hybridized carbons (Fsp3) is 0.455. The quantitative estimate of drug-likeness (QED) is 0.780. The molecule has 4 heteroatoms. The third-order valence-electron chi connectivity index (χ3n) is 2.46. The Bertz CT molecular complexity index is 325. The molecule has 0 amide bonds. The van der Waals surface area contributed by atoms with Crippen LogP contribution in [-0.4, -0.2) is 22.1 Å². The van der Waals surface area contributed by atoms with Gasteiger partial charge in [-0.25, -0.2) is 0 Å². The third-order valence-corrected chi connectivity index (χ3v) is 2.46. The first-order valence-corrected chi connectivity index (χ1v) is 4.92. The Kier molecular flexibility index (Phi) is 3.80. The van der Waals surface area contributed by atoms with E-state index in [0.717, 1.165) is 5.56 Å². The lowest BCUT2D eigenvalue weighted by Crippen LogP contribution is -2.38.